The van der Waals surface area contributed by atoms with Crippen molar-refractivity contribution in [1.29, 1.82) is 5.26 Å². The third-order valence-corrected chi connectivity index (χ3v) is 3.82. The van der Waals surface area contributed by atoms with Gasteiger partial charge in [-0.25, -0.2) is 0 Å². The molecule has 3 rings (SSSR count). The van der Waals surface area contributed by atoms with Gasteiger partial charge in [0.2, 0.25) is 0 Å². The number of para-hydroxylation sites is 2. The number of hydrogen-bond donors (Lipinski definition) is 0. The first-order valence-corrected chi connectivity index (χ1v) is 8.18. The normalized spacial score (nSPS) is 11.6. The Morgan fingerprint density at radius 2 is 1.23 bits per heavy atom. The van der Waals surface area contributed by atoms with E-state index in [0.717, 1.165) is 24.4 Å². The van der Waals surface area contributed by atoms with Gasteiger partial charge in [0.05, 0.1) is 17.3 Å². The van der Waals surface area contributed by atoms with Crippen LogP contribution >= 0.6 is 0 Å². The lowest BCUT2D eigenvalue weighted by Gasteiger charge is -2.15. The fourth-order valence-corrected chi connectivity index (χ4v) is 2.70. The number of nitriles is 1. The van der Waals surface area contributed by atoms with E-state index in [2.05, 4.69) is 14.5 Å². The summed E-state index contributed by atoms with van der Waals surface area (Å²) in [5.74, 6) is -1.08. The molecule has 0 fully saturated rings. The largest absolute Gasteiger partial charge is 0.573 e. The molecule has 1 heterocycles. The Balaban J connectivity index is 2.09. The van der Waals surface area contributed by atoms with Crippen LogP contribution in [-0.4, -0.2) is 17.7 Å². The first-order valence-electron chi connectivity index (χ1n) is 8.18. The summed E-state index contributed by atoms with van der Waals surface area (Å²) < 4.78 is 83.9. The summed E-state index contributed by atoms with van der Waals surface area (Å²) in [6, 6.07) is 13.3. The highest BCUT2D eigenvalue weighted by molar-refractivity contribution is 5.78. The van der Waals surface area contributed by atoms with E-state index in [1.54, 1.807) is 0 Å². The second-order valence-corrected chi connectivity index (χ2v) is 5.81. The molecule has 0 aliphatic carbocycles. The van der Waals surface area contributed by atoms with Gasteiger partial charge in [0.25, 0.3) is 0 Å². The molecule has 1 aromatic heterocycles. The lowest BCUT2D eigenvalue weighted by molar-refractivity contribution is -0.275. The first kappa shape index (κ1) is 21.0. The van der Waals surface area contributed by atoms with Crippen LogP contribution < -0.4 is 9.47 Å². The summed E-state index contributed by atoms with van der Waals surface area (Å²) in [6.07, 6.45) is -8.80. The maximum Gasteiger partial charge on any atom is 0.573 e. The van der Waals surface area contributed by atoms with E-state index in [9.17, 15) is 31.6 Å². The Kier molecular flexibility index (Phi) is 5.56. The lowest BCUT2D eigenvalue weighted by Crippen LogP contribution is -2.18. The zero-order chi connectivity index (χ0) is 21.9. The Bertz CT molecular complexity index is 1100. The lowest BCUT2D eigenvalue weighted by atomic mass is 9.99. The van der Waals surface area contributed by atoms with E-state index < -0.39 is 24.2 Å². The number of alkyl halides is 6. The SMILES string of the molecule is N#Cc1cc(-c2ccccc2OC(F)(F)F)ncc1-c1ccccc1OC(F)(F)F. The van der Waals surface area contributed by atoms with Crippen LogP contribution in [0.2, 0.25) is 0 Å². The second-order valence-electron chi connectivity index (χ2n) is 5.81. The Hall–Kier alpha value is -3.74. The van der Waals surface area contributed by atoms with Gasteiger partial charge in [-0.1, -0.05) is 30.3 Å². The number of halogens is 6. The van der Waals surface area contributed by atoms with Crippen molar-refractivity contribution < 1.29 is 35.8 Å². The zero-order valence-electron chi connectivity index (χ0n) is 14.8. The average Bonchev–Trinajstić information content (AvgIpc) is 2.66. The molecule has 2 aromatic carbocycles. The van der Waals surface area contributed by atoms with E-state index in [4.69, 9.17) is 0 Å². The van der Waals surface area contributed by atoms with Crippen molar-refractivity contribution in [3.05, 3.63) is 66.4 Å². The molecule has 0 bridgehead atoms. The van der Waals surface area contributed by atoms with Crippen LogP contribution in [0.25, 0.3) is 22.4 Å². The van der Waals surface area contributed by atoms with Crippen molar-refractivity contribution in [2.75, 3.05) is 0 Å². The molecule has 0 saturated heterocycles. The molecular formula is C20H10F6N2O2. The van der Waals surface area contributed by atoms with Crippen molar-refractivity contribution in [3.8, 4) is 40.0 Å². The van der Waals surface area contributed by atoms with E-state index in [-0.39, 0.29) is 27.9 Å². The molecule has 4 nitrogen and oxygen atoms in total. The van der Waals surface area contributed by atoms with Gasteiger partial charge < -0.3 is 9.47 Å². The van der Waals surface area contributed by atoms with Crippen LogP contribution in [0.4, 0.5) is 26.3 Å². The molecule has 154 valence electrons. The number of benzene rings is 2. The molecule has 10 heteroatoms. The van der Waals surface area contributed by atoms with Crippen LogP contribution in [-0.2, 0) is 0 Å². The minimum absolute atomic E-state index is 0.0234. The third kappa shape index (κ3) is 5.00. The van der Waals surface area contributed by atoms with Crippen LogP contribution in [0.5, 0.6) is 11.5 Å². The molecule has 0 aliphatic rings. The molecule has 0 radical (unpaired) electrons. The van der Waals surface area contributed by atoms with Gasteiger partial charge in [-0.3, -0.25) is 4.98 Å². The fraction of sp³-hybridized carbons (Fsp3) is 0.100. The number of pyridine rings is 1. The summed E-state index contributed by atoms with van der Waals surface area (Å²) >= 11 is 0. The van der Waals surface area contributed by atoms with Gasteiger partial charge >= 0.3 is 12.7 Å². The Morgan fingerprint density at radius 1 is 0.733 bits per heavy atom. The zero-order valence-corrected chi connectivity index (χ0v) is 14.8. The quantitative estimate of drug-likeness (QED) is 0.476. The number of rotatable bonds is 4. The molecular weight excluding hydrogens is 414 g/mol. The van der Waals surface area contributed by atoms with Crippen molar-refractivity contribution in [2.24, 2.45) is 0 Å². The molecule has 0 aliphatic heterocycles. The van der Waals surface area contributed by atoms with Gasteiger partial charge in [-0.2, -0.15) is 5.26 Å². The topological polar surface area (TPSA) is 55.1 Å². The van der Waals surface area contributed by atoms with Crippen molar-refractivity contribution >= 4 is 0 Å². The molecule has 0 atom stereocenters. The molecule has 0 unspecified atom stereocenters. The van der Waals surface area contributed by atoms with Gasteiger partial charge in [-0.05, 0) is 24.3 Å². The predicted molar refractivity (Wildman–Crippen MR) is 93.2 cm³/mol. The van der Waals surface area contributed by atoms with Gasteiger partial charge in [-0.15, -0.1) is 26.3 Å². The summed E-state index contributed by atoms with van der Waals surface area (Å²) in [6.45, 7) is 0. The maximum absolute atomic E-state index is 12.7. The predicted octanol–water partition coefficient (Wildman–Crippen LogP) is 6.08. The molecule has 0 N–H and O–H groups in total. The smallest absolute Gasteiger partial charge is 0.405 e. The average molecular weight is 424 g/mol. The molecule has 3 aromatic rings. The van der Waals surface area contributed by atoms with E-state index in [0.29, 0.717) is 0 Å². The van der Waals surface area contributed by atoms with Crippen LogP contribution in [0.15, 0.2) is 60.8 Å². The summed E-state index contributed by atoms with van der Waals surface area (Å²) in [5, 5.41) is 9.48. The van der Waals surface area contributed by atoms with E-state index >= 15 is 0 Å². The highest BCUT2D eigenvalue weighted by Crippen LogP contribution is 2.38. The molecule has 30 heavy (non-hydrogen) atoms. The van der Waals surface area contributed by atoms with Crippen molar-refractivity contribution in [3.63, 3.8) is 0 Å². The first-order chi connectivity index (χ1) is 14.1. The van der Waals surface area contributed by atoms with Gasteiger partial charge in [0, 0.05) is 22.9 Å². The van der Waals surface area contributed by atoms with E-state index in [1.165, 1.54) is 36.4 Å². The maximum atomic E-state index is 12.7. The molecule has 0 spiro atoms. The van der Waals surface area contributed by atoms with Gasteiger partial charge in [0.1, 0.15) is 11.5 Å². The number of aromatic nitrogens is 1. The van der Waals surface area contributed by atoms with Crippen LogP contribution in [0.3, 0.4) is 0 Å². The number of nitrogens with zero attached hydrogens (tertiary/aromatic N) is 2. The van der Waals surface area contributed by atoms with Crippen molar-refractivity contribution in [2.45, 2.75) is 12.7 Å². The second kappa shape index (κ2) is 7.94. The minimum Gasteiger partial charge on any atom is -0.405 e. The summed E-state index contributed by atoms with van der Waals surface area (Å²) in [7, 11) is 0. The minimum atomic E-state index is -4.95. The summed E-state index contributed by atoms with van der Waals surface area (Å²) in [4.78, 5) is 4.03. The highest BCUT2D eigenvalue weighted by atomic mass is 19.4. The van der Waals surface area contributed by atoms with Gasteiger partial charge in [0.15, 0.2) is 0 Å². The van der Waals surface area contributed by atoms with Crippen LogP contribution in [0.1, 0.15) is 5.56 Å². The Labute approximate surface area is 165 Å². The van der Waals surface area contributed by atoms with Crippen molar-refractivity contribution in [1.82, 2.24) is 4.98 Å². The van der Waals surface area contributed by atoms with E-state index in [1.807, 2.05) is 6.07 Å². The molecule has 0 saturated carbocycles. The fourth-order valence-electron chi connectivity index (χ4n) is 2.70. The Morgan fingerprint density at radius 3 is 1.77 bits per heavy atom. The van der Waals surface area contributed by atoms with Crippen LogP contribution in [0, 0.1) is 11.3 Å². The molecule has 0 amide bonds. The monoisotopic (exact) mass is 424 g/mol. The summed E-state index contributed by atoms with van der Waals surface area (Å²) in [5.41, 5.74) is -0.206. The number of ether oxygens (including phenoxy) is 2. The standard InChI is InChI=1S/C20H10F6N2O2/c21-19(22,23)29-17-7-3-1-5-13(17)15-11-28-16(9-12(15)10-27)14-6-2-4-8-18(14)30-20(24,25)26/h1-9,11H. The third-order valence-electron chi connectivity index (χ3n) is 3.82. The highest BCUT2D eigenvalue weighted by Gasteiger charge is 2.33. The number of hydrogen-bond acceptors (Lipinski definition) is 4.